The van der Waals surface area contributed by atoms with E-state index in [1.807, 2.05) is 49.4 Å². The molecule has 1 unspecified atom stereocenters. The van der Waals surface area contributed by atoms with Gasteiger partial charge >= 0.3 is 0 Å². The second kappa shape index (κ2) is 7.60. The summed E-state index contributed by atoms with van der Waals surface area (Å²) in [5.41, 5.74) is 3.50. The molecule has 2 aromatic heterocycles. The predicted molar refractivity (Wildman–Crippen MR) is 106 cm³/mol. The van der Waals surface area contributed by atoms with Crippen molar-refractivity contribution in [2.24, 2.45) is 0 Å². The van der Waals surface area contributed by atoms with Crippen molar-refractivity contribution in [3.05, 3.63) is 89.5 Å². The maximum Gasteiger partial charge on any atom is 0.270 e. The fourth-order valence-corrected chi connectivity index (χ4v) is 3.47. The molecule has 6 nitrogen and oxygen atoms in total. The van der Waals surface area contributed by atoms with E-state index in [0.717, 1.165) is 23.4 Å². The molecule has 3 aromatic rings. The van der Waals surface area contributed by atoms with Crippen LogP contribution in [0.3, 0.4) is 0 Å². The lowest BCUT2D eigenvalue weighted by atomic mass is 10.1. The Morgan fingerprint density at radius 2 is 1.89 bits per heavy atom. The molecule has 2 amide bonds. The Hall–Kier alpha value is -3.54. The number of carbonyl (C=O) groups is 2. The van der Waals surface area contributed by atoms with E-state index in [2.05, 4.69) is 15.3 Å². The zero-order valence-electron chi connectivity index (χ0n) is 15.5. The molecule has 4 rings (SSSR count). The number of nitrogens with zero attached hydrogens (tertiary/aromatic N) is 3. The SMILES string of the molecule is CC1Cc2ccccc2N1C(=O)c1ccnc(C(=O)NCc2ccccn2)c1. The zero-order chi connectivity index (χ0) is 19.5. The molecule has 1 aliphatic heterocycles. The van der Waals surface area contributed by atoms with Crippen molar-refractivity contribution in [2.75, 3.05) is 4.90 Å². The summed E-state index contributed by atoms with van der Waals surface area (Å²) in [5, 5.41) is 2.79. The van der Waals surface area contributed by atoms with Crippen LogP contribution in [0.1, 0.15) is 39.0 Å². The number of pyridine rings is 2. The second-order valence-electron chi connectivity index (χ2n) is 6.79. The Bertz CT molecular complexity index is 1020. The Morgan fingerprint density at radius 1 is 1.07 bits per heavy atom. The number of amides is 2. The Morgan fingerprint density at radius 3 is 2.71 bits per heavy atom. The average Bonchev–Trinajstić information content (AvgIpc) is 3.08. The number of nitrogens with one attached hydrogen (secondary N) is 1. The minimum absolute atomic E-state index is 0.0690. The molecule has 0 radical (unpaired) electrons. The van der Waals surface area contributed by atoms with E-state index in [1.165, 1.54) is 6.20 Å². The lowest BCUT2D eigenvalue weighted by Gasteiger charge is -2.23. The highest BCUT2D eigenvalue weighted by atomic mass is 16.2. The zero-order valence-corrected chi connectivity index (χ0v) is 15.5. The fraction of sp³-hybridized carbons (Fsp3) is 0.182. The number of hydrogen-bond donors (Lipinski definition) is 1. The van der Waals surface area contributed by atoms with E-state index in [9.17, 15) is 9.59 Å². The quantitative estimate of drug-likeness (QED) is 0.764. The van der Waals surface area contributed by atoms with Gasteiger partial charge in [0.05, 0.1) is 12.2 Å². The highest BCUT2D eigenvalue weighted by Crippen LogP contribution is 2.33. The third-order valence-electron chi connectivity index (χ3n) is 4.82. The molecule has 0 spiro atoms. The van der Waals surface area contributed by atoms with Gasteiger partial charge in [0.25, 0.3) is 11.8 Å². The highest BCUT2D eigenvalue weighted by molar-refractivity contribution is 6.08. The van der Waals surface area contributed by atoms with Gasteiger partial charge in [0.2, 0.25) is 0 Å². The van der Waals surface area contributed by atoms with Crippen LogP contribution in [0.15, 0.2) is 67.0 Å². The summed E-state index contributed by atoms with van der Waals surface area (Å²) in [6.45, 7) is 2.33. The van der Waals surface area contributed by atoms with Crippen molar-refractivity contribution in [3.8, 4) is 0 Å². The minimum atomic E-state index is -0.338. The van der Waals surface area contributed by atoms with E-state index in [-0.39, 0.29) is 23.6 Å². The van der Waals surface area contributed by atoms with E-state index >= 15 is 0 Å². The standard InChI is InChI=1S/C22H20N4O2/c1-15-12-16-6-2-3-8-20(16)26(15)22(28)17-9-11-24-19(13-17)21(27)25-14-18-7-4-5-10-23-18/h2-11,13,15H,12,14H2,1H3,(H,25,27). The van der Waals surface area contributed by atoms with Gasteiger partial charge in [-0.2, -0.15) is 0 Å². The summed E-state index contributed by atoms with van der Waals surface area (Å²) < 4.78 is 0. The predicted octanol–water partition coefficient (Wildman–Crippen LogP) is 3.00. The van der Waals surface area contributed by atoms with Crippen LogP contribution in [-0.2, 0) is 13.0 Å². The van der Waals surface area contributed by atoms with Crippen molar-refractivity contribution in [1.29, 1.82) is 0 Å². The molecule has 6 heteroatoms. The molecule has 0 bridgehead atoms. The van der Waals surface area contributed by atoms with Crippen LogP contribution >= 0.6 is 0 Å². The molecular weight excluding hydrogens is 352 g/mol. The van der Waals surface area contributed by atoms with Gasteiger partial charge in [0, 0.05) is 29.7 Å². The number of aromatic nitrogens is 2. The van der Waals surface area contributed by atoms with Crippen molar-refractivity contribution >= 4 is 17.5 Å². The number of carbonyl (C=O) groups excluding carboxylic acids is 2. The van der Waals surface area contributed by atoms with E-state index in [4.69, 9.17) is 0 Å². The maximum atomic E-state index is 13.1. The number of fused-ring (bicyclic) bond motifs is 1. The maximum absolute atomic E-state index is 13.1. The van der Waals surface area contributed by atoms with Gasteiger partial charge in [-0.05, 0) is 49.2 Å². The largest absolute Gasteiger partial charge is 0.345 e. The summed E-state index contributed by atoms with van der Waals surface area (Å²) in [6.07, 6.45) is 3.99. The molecule has 1 aliphatic rings. The first kappa shape index (κ1) is 17.9. The monoisotopic (exact) mass is 372 g/mol. The molecule has 0 fully saturated rings. The molecule has 0 saturated heterocycles. The van der Waals surface area contributed by atoms with Gasteiger partial charge in [0.15, 0.2) is 0 Å². The molecule has 0 saturated carbocycles. The summed E-state index contributed by atoms with van der Waals surface area (Å²) in [5.74, 6) is -0.464. The first-order valence-corrected chi connectivity index (χ1v) is 9.19. The van der Waals surface area contributed by atoms with E-state index in [1.54, 1.807) is 23.2 Å². The topological polar surface area (TPSA) is 75.2 Å². The first-order chi connectivity index (χ1) is 13.6. The van der Waals surface area contributed by atoms with Crippen molar-refractivity contribution in [2.45, 2.75) is 25.9 Å². The smallest absolute Gasteiger partial charge is 0.270 e. The van der Waals surface area contributed by atoms with Crippen LogP contribution < -0.4 is 10.2 Å². The molecular formula is C22H20N4O2. The summed E-state index contributed by atoms with van der Waals surface area (Å²) >= 11 is 0. The molecule has 28 heavy (non-hydrogen) atoms. The third kappa shape index (κ3) is 3.49. The Balaban J connectivity index is 1.52. The number of para-hydroxylation sites is 1. The number of rotatable bonds is 4. The van der Waals surface area contributed by atoms with Crippen LogP contribution in [0.25, 0.3) is 0 Å². The van der Waals surface area contributed by atoms with Crippen LogP contribution in [-0.4, -0.2) is 27.8 Å². The molecule has 3 heterocycles. The summed E-state index contributed by atoms with van der Waals surface area (Å²) in [6, 6.07) is 16.7. The van der Waals surface area contributed by atoms with Gasteiger partial charge in [-0.3, -0.25) is 19.6 Å². The van der Waals surface area contributed by atoms with E-state index in [0.29, 0.717) is 12.1 Å². The fourth-order valence-electron chi connectivity index (χ4n) is 3.47. The van der Waals surface area contributed by atoms with Gasteiger partial charge in [-0.25, -0.2) is 0 Å². The summed E-state index contributed by atoms with van der Waals surface area (Å²) in [4.78, 5) is 35.7. The van der Waals surface area contributed by atoms with Gasteiger partial charge in [0.1, 0.15) is 5.69 Å². The Kier molecular flexibility index (Phi) is 4.85. The van der Waals surface area contributed by atoms with Crippen LogP contribution in [0.5, 0.6) is 0 Å². The van der Waals surface area contributed by atoms with Crippen molar-refractivity contribution in [3.63, 3.8) is 0 Å². The summed E-state index contributed by atoms with van der Waals surface area (Å²) in [7, 11) is 0. The highest BCUT2D eigenvalue weighted by Gasteiger charge is 2.31. The van der Waals surface area contributed by atoms with Crippen molar-refractivity contribution < 1.29 is 9.59 Å². The van der Waals surface area contributed by atoms with E-state index < -0.39 is 0 Å². The number of anilines is 1. The lowest BCUT2D eigenvalue weighted by Crippen LogP contribution is -2.36. The first-order valence-electron chi connectivity index (χ1n) is 9.19. The number of hydrogen-bond acceptors (Lipinski definition) is 4. The van der Waals surface area contributed by atoms with Crippen LogP contribution in [0, 0.1) is 0 Å². The molecule has 1 aromatic carbocycles. The molecule has 0 aliphatic carbocycles. The van der Waals surface area contributed by atoms with Crippen molar-refractivity contribution in [1.82, 2.24) is 15.3 Å². The normalized spacial score (nSPS) is 15.2. The Labute approximate surface area is 163 Å². The molecule has 1 atom stereocenters. The minimum Gasteiger partial charge on any atom is -0.345 e. The number of benzene rings is 1. The third-order valence-corrected chi connectivity index (χ3v) is 4.82. The van der Waals surface area contributed by atoms with Crippen LogP contribution in [0.4, 0.5) is 5.69 Å². The lowest BCUT2D eigenvalue weighted by molar-refractivity contribution is 0.0945. The second-order valence-corrected chi connectivity index (χ2v) is 6.79. The van der Waals surface area contributed by atoms with Gasteiger partial charge in [-0.15, -0.1) is 0 Å². The molecule has 140 valence electrons. The van der Waals surface area contributed by atoms with Crippen LogP contribution in [0.2, 0.25) is 0 Å². The van der Waals surface area contributed by atoms with Gasteiger partial charge in [-0.1, -0.05) is 24.3 Å². The molecule has 1 N–H and O–H groups in total. The van der Waals surface area contributed by atoms with Gasteiger partial charge < -0.3 is 10.2 Å². The average molecular weight is 372 g/mol.